The predicted octanol–water partition coefficient (Wildman–Crippen LogP) is 3.35. The van der Waals surface area contributed by atoms with Crippen LogP contribution in [0.2, 0.25) is 0 Å². The molecule has 1 aliphatic carbocycles. The summed E-state index contributed by atoms with van der Waals surface area (Å²) >= 11 is 0. The van der Waals surface area contributed by atoms with Gasteiger partial charge in [0.2, 0.25) is 0 Å². The smallest absolute Gasteiger partial charge is 0.165 e. The molecule has 2 N–H and O–H groups in total. The van der Waals surface area contributed by atoms with Crippen LogP contribution >= 0.6 is 0 Å². The minimum atomic E-state index is -0.459. The molecule has 86 valence electrons. The number of nitrogens with zero attached hydrogens (tertiary/aromatic N) is 1. The van der Waals surface area contributed by atoms with Crippen molar-refractivity contribution in [3.63, 3.8) is 0 Å². The van der Waals surface area contributed by atoms with Crippen LogP contribution in [-0.4, -0.2) is 4.98 Å². The van der Waals surface area contributed by atoms with Crippen LogP contribution < -0.4 is 5.73 Å². The van der Waals surface area contributed by atoms with E-state index >= 15 is 0 Å². The zero-order chi connectivity index (χ0) is 11.8. The highest BCUT2D eigenvalue weighted by Crippen LogP contribution is 2.41. The number of hydrogen-bond donors (Lipinski definition) is 1. The molecule has 1 aromatic carbocycles. The van der Waals surface area contributed by atoms with E-state index in [-0.39, 0.29) is 5.82 Å². The molecule has 1 aromatic heterocycles. The molecule has 0 atom stereocenters. The van der Waals surface area contributed by atoms with Gasteiger partial charge in [0, 0.05) is 11.8 Å². The Labute approximate surface area is 99.3 Å². The quantitative estimate of drug-likeness (QED) is 0.856. The zero-order valence-corrected chi connectivity index (χ0v) is 9.36. The largest absolute Gasteiger partial charge is 0.381 e. The topological polar surface area (TPSA) is 38.9 Å². The van der Waals surface area contributed by atoms with Crippen molar-refractivity contribution in [2.45, 2.75) is 18.8 Å². The Morgan fingerprint density at radius 1 is 1.18 bits per heavy atom. The van der Waals surface area contributed by atoms with Crippen molar-refractivity contribution >= 4 is 5.82 Å². The number of nitrogens with two attached hydrogens (primary N) is 1. The molecule has 0 saturated heterocycles. The van der Waals surface area contributed by atoms with Gasteiger partial charge in [-0.05, 0) is 36.0 Å². The molecule has 1 saturated carbocycles. The van der Waals surface area contributed by atoms with Gasteiger partial charge in [-0.1, -0.05) is 24.3 Å². The maximum Gasteiger partial charge on any atom is 0.165 e. The number of anilines is 1. The van der Waals surface area contributed by atoms with Crippen LogP contribution in [0.4, 0.5) is 10.2 Å². The van der Waals surface area contributed by atoms with Gasteiger partial charge in [0.05, 0.1) is 0 Å². The Morgan fingerprint density at radius 3 is 2.71 bits per heavy atom. The van der Waals surface area contributed by atoms with Gasteiger partial charge in [-0.3, -0.25) is 0 Å². The van der Waals surface area contributed by atoms with Crippen molar-refractivity contribution in [2.24, 2.45) is 0 Å². The van der Waals surface area contributed by atoms with Crippen molar-refractivity contribution in [2.75, 3.05) is 5.73 Å². The predicted molar refractivity (Wildman–Crippen MR) is 66.0 cm³/mol. The molecule has 0 spiro atoms. The summed E-state index contributed by atoms with van der Waals surface area (Å²) in [5.41, 5.74) is 8.48. The average Bonchev–Trinajstić information content (AvgIpc) is 3.17. The fraction of sp³-hybridized carbons (Fsp3) is 0.214. The first-order valence-corrected chi connectivity index (χ1v) is 5.75. The Bertz CT molecular complexity index is 562. The monoisotopic (exact) mass is 228 g/mol. The maximum atomic E-state index is 13.3. The first-order valence-electron chi connectivity index (χ1n) is 5.75. The molecule has 2 nitrogen and oxygen atoms in total. The number of nitrogen functional groups attached to an aromatic ring is 1. The van der Waals surface area contributed by atoms with Crippen molar-refractivity contribution in [1.29, 1.82) is 0 Å². The molecule has 0 unspecified atom stereocenters. The highest BCUT2D eigenvalue weighted by molar-refractivity contribution is 5.64. The molecule has 0 aliphatic heterocycles. The Morgan fingerprint density at radius 2 is 2.00 bits per heavy atom. The number of aromatic nitrogens is 1. The Kier molecular flexibility index (Phi) is 2.32. The molecule has 3 heteroatoms. The number of benzene rings is 1. The maximum absolute atomic E-state index is 13.3. The molecular formula is C14H13FN2. The van der Waals surface area contributed by atoms with Gasteiger partial charge in [0.1, 0.15) is 0 Å². The fourth-order valence-electron chi connectivity index (χ4n) is 2.00. The molecule has 1 heterocycles. The minimum Gasteiger partial charge on any atom is -0.381 e. The van der Waals surface area contributed by atoms with E-state index in [4.69, 9.17) is 5.73 Å². The van der Waals surface area contributed by atoms with Crippen molar-refractivity contribution in [3.8, 4) is 11.1 Å². The summed E-state index contributed by atoms with van der Waals surface area (Å²) < 4.78 is 13.3. The molecule has 2 aromatic rings. The fourth-order valence-corrected chi connectivity index (χ4v) is 2.00. The van der Waals surface area contributed by atoms with Crippen LogP contribution in [0.15, 0.2) is 36.5 Å². The second-order valence-corrected chi connectivity index (χ2v) is 4.49. The summed E-state index contributed by atoms with van der Waals surface area (Å²) in [7, 11) is 0. The van der Waals surface area contributed by atoms with E-state index in [9.17, 15) is 4.39 Å². The number of hydrogen-bond acceptors (Lipinski definition) is 2. The van der Waals surface area contributed by atoms with E-state index in [0.717, 1.165) is 11.1 Å². The van der Waals surface area contributed by atoms with E-state index in [0.29, 0.717) is 5.92 Å². The van der Waals surface area contributed by atoms with Crippen LogP contribution in [0.3, 0.4) is 0 Å². The second kappa shape index (κ2) is 3.84. The molecule has 0 bridgehead atoms. The van der Waals surface area contributed by atoms with Crippen molar-refractivity contribution in [1.82, 2.24) is 4.98 Å². The van der Waals surface area contributed by atoms with E-state index in [1.807, 2.05) is 12.1 Å². The van der Waals surface area contributed by atoms with Gasteiger partial charge in [0.15, 0.2) is 11.6 Å². The van der Waals surface area contributed by atoms with Gasteiger partial charge in [0.25, 0.3) is 0 Å². The van der Waals surface area contributed by atoms with Crippen LogP contribution in [-0.2, 0) is 0 Å². The summed E-state index contributed by atoms with van der Waals surface area (Å²) in [6.07, 6.45) is 4.14. The standard InChI is InChI=1S/C14H13FN2/c15-13-7-12(8-17-14(13)16)11-3-1-2-10(6-11)9-4-5-9/h1-3,6-9H,4-5H2,(H2,16,17). The van der Waals surface area contributed by atoms with Crippen LogP contribution in [0.25, 0.3) is 11.1 Å². The van der Waals surface area contributed by atoms with Crippen LogP contribution in [0.1, 0.15) is 24.3 Å². The zero-order valence-electron chi connectivity index (χ0n) is 9.36. The first-order chi connectivity index (χ1) is 8.24. The number of rotatable bonds is 2. The molecular weight excluding hydrogens is 215 g/mol. The lowest BCUT2D eigenvalue weighted by Gasteiger charge is -2.05. The van der Waals surface area contributed by atoms with Crippen LogP contribution in [0, 0.1) is 5.82 Å². The summed E-state index contributed by atoms with van der Waals surface area (Å²) in [6.45, 7) is 0. The van der Waals surface area contributed by atoms with E-state index in [1.54, 1.807) is 6.20 Å². The van der Waals surface area contributed by atoms with Crippen LogP contribution in [0.5, 0.6) is 0 Å². The normalized spacial score (nSPS) is 14.9. The summed E-state index contributed by atoms with van der Waals surface area (Å²) in [6, 6.07) is 9.66. The first kappa shape index (κ1) is 10.3. The lowest BCUT2D eigenvalue weighted by atomic mass is 10.0. The third kappa shape index (κ3) is 2.00. The molecule has 17 heavy (non-hydrogen) atoms. The Hall–Kier alpha value is -1.90. The summed E-state index contributed by atoms with van der Waals surface area (Å²) in [5.74, 6) is 0.188. The summed E-state index contributed by atoms with van der Waals surface area (Å²) in [5, 5.41) is 0. The van der Waals surface area contributed by atoms with Gasteiger partial charge in [-0.15, -0.1) is 0 Å². The van der Waals surface area contributed by atoms with E-state index in [2.05, 4.69) is 17.1 Å². The van der Waals surface area contributed by atoms with Gasteiger partial charge in [-0.2, -0.15) is 0 Å². The third-order valence-electron chi connectivity index (χ3n) is 3.14. The van der Waals surface area contributed by atoms with E-state index in [1.165, 1.54) is 24.5 Å². The number of halogens is 1. The third-order valence-corrected chi connectivity index (χ3v) is 3.14. The van der Waals surface area contributed by atoms with Gasteiger partial charge in [-0.25, -0.2) is 9.37 Å². The minimum absolute atomic E-state index is 0.0490. The molecule has 0 radical (unpaired) electrons. The summed E-state index contributed by atoms with van der Waals surface area (Å²) in [4.78, 5) is 3.85. The lowest BCUT2D eigenvalue weighted by Crippen LogP contribution is -1.95. The molecule has 0 amide bonds. The van der Waals surface area contributed by atoms with E-state index < -0.39 is 5.82 Å². The molecule has 1 fully saturated rings. The van der Waals surface area contributed by atoms with Crippen molar-refractivity contribution in [3.05, 3.63) is 47.9 Å². The number of pyridine rings is 1. The highest BCUT2D eigenvalue weighted by atomic mass is 19.1. The Balaban J connectivity index is 2.01. The SMILES string of the molecule is Nc1ncc(-c2cccc(C3CC3)c2)cc1F. The highest BCUT2D eigenvalue weighted by Gasteiger charge is 2.23. The molecule has 3 rings (SSSR count). The van der Waals surface area contributed by atoms with Crippen molar-refractivity contribution < 1.29 is 4.39 Å². The average molecular weight is 228 g/mol. The molecule has 1 aliphatic rings. The lowest BCUT2D eigenvalue weighted by molar-refractivity contribution is 0.628. The second-order valence-electron chi connectivity index (χ2n) is 4.49. The van der Waals surface area contributed by atoms with Gasteiger partial charge < -0.3 is 5.73 Å². The van der Waals surface area contributed by atoms with Gasteiger partial charge >= 0.3 is 0 Å².